The molecule has 0 N–H and O–H groups in total. The first-order chi connectivity index (χ1) is 18.2. The van der Waals surface area contributed by atoms with Crippen molar-refractivity contribution < 1.29 is 36.2 Å². The van der Waals surface area contributed by atoms with Gasteiger partial charge in [0.05, 0.1) is 25.2 Å². The first-order valence-corrected chi connectivity index (χ1v) is 14.6. The van der Waals surface area contributed by atoms with Crippen LogP contribution in [0.1, 0.15) is 95.5 Å². The fraction of sp³-hybridized carbons (Fsp3) is 0.800. The Morgan fingerprint density at radius 3 is 1.76 bits per heavy atom. The predicted molar refractivity (Wildman–Crippen MR) is 133 cm³/mol. The van der Waals surface area contributed by atoms with E-state index in [2.05, 4.69) is 6.92 Å². The largest absolute Gasteiger partial charge is 0.358 e. The maximum absolute atomic E-state index is 15.1. The van der Waals surface area contributed by atoms with Gasteiger partial charge in [0.25, 0.3) is 0 Å². The van der Waals surface area contributed by atoms with Crippen LogP contribution in [0.25, 0.3) is 0 Å². The first-order valence-electron chi connectivity index (χ1n) is 14.6. The average molecular weight is 545 g/mol. The van der Waals surface area contributed by atoms with Crippen LogP contribution in [0.3, 0.4) is 0 Å². The van der Waals surface area contributed by atoms with Gasteiger partial charge < -0.3 is 14.2 Å². The molecule has 1 aliphatic heterocycles. The van der Waals surface area contributed by atoms with Gasteiger partial charge in [0.1, 0.15) is 0 Å². The Bertz CT molecular complexity index is 887. The van der Waals surface area contributed by atoms with Crippen LogP contribution in [-0.2, 0) is 14.2 Å². The lowest BCUT2D eigenvalue weighted by molar-refractivity contribution is -0.301. The highest BCUT2D eigenvalue weighted by atomic mass is 19.3. The maximum atomic E-state index is 15.1. The summed E-state index contributed by atoms with van der Waals surface area (Å²) in [5.41, 5.74) is 0.382. The van der Waals surface area contributed by atoms with Crippen LogP contribution in [0.5, 0.6) is 0 Å². The van der Waals surface area contributed by atoms with E-state index in [9.17, 15) is 13.2 Å². The molecule has 4 fully saturated rings. The highest BCUT2D eigenvalue weighted by Gasteiger charge is 2.46. The van der Waals surface area contributed by atoms with E-state index >= 15 is 8.78 Å². The molecule has 0 unspecified atom stereocenters. The first kappa shape index (κ1) is 28.3. The molecule has 1 saturated heterocycles. The smallest absolute Gasteiger partial charge is 0.352 e. The van der Waals surface area contributed by atoms with Crippen LogP contribution in [0.4, 0.5) is 22.0 Å². The molecule has 3 saturated carbocycles. The lowest BCUT2D eigenvalue weighted by Gasteiger charge is -2.42. The van der Waals surface area contributed by atoms with E-state index in [-0.39, 0.29) is 12.2 Å². The molecular weight excluding hydrogens is 503 g/mol. The van der Waals surface area contributed by atoms with Gasteiger partial charge in [-0.2, -0.15) is 8.78 Å². The van der Waals surface area contributed by atoms with Gasteiger partial charge in [-0.25, -0.2) is 13.2 Å². The number of hydrogen-bond donors (Lipinski definition) is 0. The van der Waals surface area contributed by atoms with Gasteiger partial charge in [0.2, 0.25) is 0 Å². The van der Waals surface area contributed by atoms with E-state index in [1.165, 1.54) is 0 Å². The third-order valence-corrected chi connectivity index (χ3v) is 9.68. The van der Waals surface area contributed by atoms with Gasteiger partial charge >= 0.3 is 6.11 Å². The van der Waals surface area contributed by atoms with Crippen molar-refractivity contribution in [3.05, 3.63) is 35.1 Å². The summed E-state index contributed by atoms with van der Waals surface area (Å²) in [5.74, 6) is -2.85. The summed E-state index contributed by atoms with van der Waals surface area (Å²) in [6.07, 6.45) is 4.96. The highest BCUT2D eigenvalue weighted by Crippen LogP contribution is 2.47. The fourth-order valence-electron chi connectivity index (χ4n) is 7.35. The van der Waals surface area contributed by atoms with E-state index < -0.39 is 35.6 Å². The molecule has 4 aliphatic rings. The van der Waals surface area contributed by atoms with Gasteiger partial charge in [-0.1, -0.05) is 6.92 Å². The summed E-state index contributed by atoms with van der Waals surface area (Å²) >= 11 is 0. The normalized spacial score (nSPS) is 37.2. The molecule has 1 aromatic carbocycles. The number of alkyl halides is 2. The lowest BCUT2D eigenvalue weighted by Crippen LogP contribution is -2.40. The standard InChI is InChI=1S/C30H41F5O3/c1-18-16-36-29(37-17-18)22-4-2-19(3-5-22)20-6-10-24(11-7-20)30(34,35)38-25-12-8-21(9-13-25)23-14-26(31)28(33)27(32)15-23/h14-15,18-22,24-25,29H,2-13,16-17H2,1H3. The second kappa shape index (κ2) is 12.1. The predicted octanol–water partition coefficient (Wildman–Crippen LogP) is 8.36. The molecule has 0 amide bonds. The molecule has 5 rings (SSSR count). The van der Waals surface area contributed by atoms with Crippen molar-refractivity contribution in [2.45, 2.75) is 108 Å². The van der Waals surface area contributed by atoms with E-state index in [0.29, 0.717) is 67.8 Å². The molecular formula is C30H41F5O3. The fourth-order valence-corrected chi connectivity index (χ4v) is 7.35. The molecule has 3 aliphatic carbocycles. The van der Waals surface area contributed by atoms with Gasteiger partial charge in [-0.05, 0) is 112 Å². The minimum Gasteiger partial charge on any atom is -0.352 e. The molecule has 0 aromatic heterocycles. The SMILES string of the molecule is CC1COC(C2CCC(C3CCC(C(F)(F)OC4CCC(c5cc(F)c(F)c(F)c5)CC4)CC3)CC2)OC1. The minimum atomic E-state index is -3.17. The topological polar surface area (TPSA) is 27.7 Å². The van der Waals surface area contributed by atoms with Gasteiger partial charge in [-0.3, -0.25) is 0 Å². The molecule has 1 heterocycles. The number of hydrogen-bond acceptors (Lipinski definition) is 3. The lowest BCUT2D eigenvalue weighted by atomic mass is 9.69. The van der Waals surface area contributed by atoms with Crippen molar-refractivity contribution in [3.63, 3.8) is 0 Å². The molecule has 0 radical (unpaired) electrons. The monoisotopic (exact) mass is 544 g/mol. The van der Waals surface area contributed by atoms with Crippen LogP contribution >= 0.6 is 0 Å². The second-order valence-corrected chi connectivity index (χ2v) is 12.4. The Morgan fingerprint density at radius 1 is 0.711 bits per heavy atom. The Kier molecular flexibility index (Phi) is 9.00. The van der Waals surface area contributed by atoms with E-state index in [1.807, 2.05) is 0 Å². The number of ether oxygens (including phenoxy) is 3. The molecule has 214 valence electrons. The maximum Gasteiger partial charge on any atom is 0.358 e. The minimum absolute atomic E-state index is 0.0770. The average Bonchev–Trinajstić information content (AvgIpc) is 2.92. The second-order valence-electron chi connectivity index (χ2n) is 12.4. The van der Waals surface area contributed by atoms with Crippen molar-refractivity contribution >= 4 is 0 Å². The Labute approximate surface area is 222 Å². The summed E-state index contributed by atoms with van der Waals surface area (Å²) in [5, 5.41) is 0. The molecule has 0 spiro atoms. The Balaban J connectivity index is 1.04. The zero-order valence-corrected chi connectivity index (χ0v) is 22.3. The van der Waals surface area contributed by atoms with Crippen molar-refractivity contribution in [1.29, 1.82) is 0 Å². The Morgan fingerprint density at radius 2 is 1.21 bits per heavy atom. The van der Waals surface area contributed by atoms with Gasteiger partial charge in [0, 0.05) is 11.8 Å². The summed E-state index contributed by atoms with van der Waals surface area (Å²) in [7, 11) is 0. The van der Waals surface area contributed by atoms with Crippen LogP contribution < -0.4 is 0 Å². The molecule has 0 atom stereocenters. The van der Waals surface area contributed by atoms with E-state index in [1.54, 1.807) is 0 Å². The van der Waals surface area contributed by atoms with Crippen LogP contribution in [-0.4, -0.2) is 31.7 Å². The molecule has 0 bridgehead atoms. The molecule has 1 aromatic rings. The quantitative estimate of drug-likeness (QED) is 0.266. The summed E-state index contributed by atoms with van der Waals surface area (Å²) < 4.78 is 87.9. The van der Waals surface area contributed by atoms with E-state index in [4.69, 9.17) is 14.2 Å². The van der Waals surface area contributed by atoms with Crippen LogP contribution in [0.2, 0.25) is 0 Å². The van der Waals surface area contributed by atoms with Crippen LogP contribution in [0.15, 0.2) is 12.1 Å². The Hall–Kier alpha value is -1.25. The highest BCUT2D eigenvalue weighted by molar-refractivity contribution is 5.23. The third kappa shape index (κ3) is 6.55. The zero-order chi connectivity index (χ0) is 26.9. The van der Waals surface area contributed by atoms with Crippen molar-refractivity contribution in [2.75, 3.05) is 13.2 Å². The third-order valence-electron chi connectivity index (χ3n) is 9.68. The molecule has 8 heteroatoms. The zero-order valence-electron chi connectivity index (χ0n) is 22.3. The van der Waals surface area contributed by atoms with E-state index in [0.717, 1.165) is 63.9 Å². The summed E-state index contributed by atoms with van der Waals surface area (Å²) in [6.45, 7) is 3.66. The van der Waals surface area contributed by atoms with Gasteiger partial charge in [0.15, 0.2) is 23.7 Å². The number of rotatable bonds is 6. The van der Waals surface area contributed by atoms with Crippen molar-refractivity contribution in [2.24, 2.45) is 29.6 Å². The van der Waals surface area contributed by atoms with Crippen LogP contribution in [0, 0.1) is 47.0 Å². The summed E-state index contributed by atoms with van der Waals surface area (Å²) in [6, 6.07) is 2.03. The number of benzene rings is 1. The number of halogens is 5. The van der Waals surface area contributed by atoms with Crippen molar-refractivity contribution in [1.82, 2.24) is 0 Å². The van der Waals surface area contributed by atoms with Gasteiger partial charge in [-0.15, -0.1) is 0 Å². The summed E-state index contributed by atoms with van der Waals surface area (Å²) in [4.78, 5) is 0. The molecule has 3 nitrogen and oxygen atoms in total. The van der Waals surface area contributed by atoms with Crippen molar-refractivity contribution in [3.8, 4) is 0 Å². The molecule has 38 heavy (non-hydrogen) atoms.